The van der Waals surface area contributed by atoms with Gasteiger partial charge in [0.1, 0.15) is 0 Å². The van der Waals surface area contributed by atoms with E-state index in [-0.39, 0.29) is 53.5 Å². The van der Waals surface area contributed by atoms with Gasteiger partial charge in [0.15, 0.2) is 17.3 Å². The van der Waals surface area contributed by atoms with E-state index in [0.29, 0.717) is 56.2 Å². The molecule has 0 aliphatic carbocycles. The van der Waals surface area contributed by atoms with Gasteiger partial charge in [-0.1, -0.05) is 20.8 Å². The zero-order chi connectivity index (χ0) is 27.9. The van der Waals surface area contributed by atoms with Crippen LogP contribution in [0.25, 0.3) is 0 Å². The van der Waals surface area contributed by atoms with Gasteiger partial charge in [0.05, 0.1) is 26.4 Å². The van der Waals surface area contributed by atoms with E-state index in [9.17, 15) is 19.8 Å². The van der Waals surface area contributed by atoms with Gasteiger partial charge in [-0.2, -0.15) is 0 Å². The summed E-state index contributed by atoms with van der Waals surface area (Å²) in [5.41, 5.74) is 2.13. The van der Waals surface area contributed by atoms with Crippen LogP contribution in [-0.4, -0.2) is 75.5 Å². The van der Waals surface area contributed by atoms with E-state index >= 15 is 0 Å². The number of aliphatic hydroxyl groups excluding tert-OH is 1. The predicted molar refractivity (Wildman–Crippen MR) is 136 cm³/mol. The molecule has 13 heteroatoms. The predicted octanol–water partition coefficient (Wildman–Crippen LogP) is -2.37. The van der Waals surface area contributed by atoms with Crippen molar-refractivity contribution in [3.63, 3.8) is 0 Å². The molecule has 3 rings (SSSR count). The third-order valence-electron chi connectivity index (χ3n) is 6.52. The largest absolute Gasteiger partial charge is 1.00 e. The quantitative estimate of drug-likeness (QED) is 0.257. The number of fused-ring (bicyclic) bond motifs is 1. The van der Waals surface area contributed by atoms with Gasteiger partial charge in [-0.25, -0.2) is 4.68 Å². The smallest absolute Gasteiger partial charge is 0.550 e. The van der Waals surface area contributed by atoms with E-state index in [1.54, 1.807) is 18.9 Å². The molecule has 0 saturated heterocycles. The molecule has 1 aliphatic rings. The maximum Gasteiger partial charge on any atom is 1.00 e. The Kier molecular flexibility index (Phi) is 12.6. The van der Waals surface area contributed by atoms with Gasteiger partial charge in [0, 0.05) is 45.0 Å². The molecule has 2 N–H and O–H groups in total. The maximum absolute atomic E-state index is 13.0. The SMILES string of the molecule is COc1cc2c(cc1OC)CN(C(=O)CCCn1nnnc1C(CC(C)(C)C)NCC(O)CC(=O)[O-])CC2.[Na+]. The Morgan fingerprint density at radius 3 is 2.46 bits per heavy atom. The standard InChI is InChI=1S/C26H40N6O6.Na/c1-26(2,3)14-20(27-15-19(33)13-24(35)36)25-28-29-30-32(25)9-6-7-23(34)31-10-8-17-11-21(37-4)22(38-5)12-18(17)16-31;/h11-12,19-20,27,33H,6-10,13-16H2,1-5H3,(H,35,36);/q;+1/p-1. The van der Waals surface area contributed by atoms with Crippen LogP contribution < -0.4 is 49.5 Å². The summed E-state index contributed by atoms with van der Waals surface area (Å²) in [6, 6.07) is 3.62. The number of rotatable bonds is 13. The first kappa shape index (κ1) is 33.0. The molecule has 210 valence electrons. The van der Waals surface area contributed by atoms with Crippen LogP contribution in [0.5, 0.6) is 11.5 Å². The van der Waals surface area contributed by atoms with Crippen LogP contribution in [0, 0.1) is 5.41 Å². The van der Waals surface area contributed by atoms with Crippen molar-refractivity contribution in [3.05, 3.63) is 29.1 Å². The van der Waals surface area contributed by atoms with E-state index in [2.05, 4.69) is 41.6 Å². The fourth-order valence-corrected chi connectivity index (χ4v) is 4.66. The summed E-state index contributed by atoms with van der Waals surface area (Å²) in [6.45, 7) is 7.91. The zero-order valence-electron chi connectivity index (χ0n) is 23.9. The number of carbonyl (C=O) groups excluding carboxylic acids is 2. The van der Waals surface area contributed by atoms with E-state index < -0.39 is 18.5 Å². The Balaban J connectivity index is 0.00000533. The first-order chi connectivity index (χ1) is 18.0. The molecule has 1 aliphatic heterocycles. The zero-order valence-corrected chi connectivity index (χ0v) is 25.9. The summed E-state index contributed by atoms with van der Waals surface area (Å²) in [7, 11) is 3.21. The third kappa shape index (κ3) is 9.71. The number of carbonyl (C=O) groups is 2. The van der Waals surface area contributed by atoms with Gasteiger partial charge in [0.25, 0.3) is 0 Å². The number of carboxylic acid groups (broad SMARTS) is 1. The third-order valence-corrected chi connectivity index (χ3v) is 6.52. The van der Waals surface area contributed by atoms with Gasteiger partial charge in [0.2, 0.25) is 5.91 Å². The number of ether oxygens (including phenoxy) is 2. The molecule has 2 atom stereocenters. The minimum Gasteiger partial charge on any atom is -0.550 e. The average molecular weight is 555 g/mol. The molecule has 0 spiro atoms. The number of carboxylic acids is 1. The van der Waals surface area contributed by atoms with E-state index in [1.807, 2.05) is 17.0 Å². The van der Waals surface area contributed by atoms with Crippen LogP contribution in [0.1, 0.15) is 69.4 Å². The van der Waals surface area contributed by atoms with Gasteiger partial charge in [-0.05, 0) is 58.4 Å². The second-order valence-corrected chi connectivity index (χ2v) is 10.9. The Labute approximate surface area is 251 Å². The maximum atomic E-state index is 13.0. The molecule has 0 radical (unpaired) electrons. The molecule has 39 heavy (non-hydrogen) atoms. The van der Waals surface area contributed by atoms with Crippen molar-refractivity contribution in [2.75, 3.05) is 27.3 Å². The molecule has 1 aromatic carbocycles. The Morgan fingerprint density at radius 2 is 1.85 bits per heavy atom. The fraction of sp³-hybridized carbons (Fsp3) is 0.654. The molecular formula is C26H39N6NaO6. The molecule has 0 bridgehead atoms. The van der Waals surface area contributed by atoms with E-state index in [0.717, 1.165) is 17.5 Å². The summed E-state index contributed by atoms with van der Waals surface area (Å²) in [5.74, 6) is 0.682. The Hall–Kier alpha value is -2.25. The average Bonchev–Trinajstić information content (AvgIpc) is 3.32. The van der Waals surface area contributed by atoms with E-state index in [1.165, 1.54) is 0 Å². The number of hydrogen-bond acceptors (Lipinski definition) is 10. The number of methoxy groups -OCH3 is 2. The van der Waals surface area contributed by atoms with Crippen LogP contribution in [0.4, 0.5) is 0 Å². The molecular weight excluding hydrogens is 515 g/mol. The van der Waals surface area contributed by atoms with Gasteiger partial charge >= 0.3 is 29.6 Å². The fourth-order valence-electron chi connectivity index (χ4n) is 4.66. The first-order valence-electron chi connectivity index (χ1n) is 12.9. The molecule has 2 heterocycles. The number of hydrogen-bond donors (Lipinski definition) is 2. The van der Waals surface area contributed by atoms with Gasteiger partial charge in [-0.3, -0.25) is 4.79 Å². The number of nitrogens with zero attached hydrogens (tertiary/aromatic N) is 5. The number of aliphatic hydroxyl groups is 1. The van der Waals surface area contributed by atoms with Gasteiger partial charge < -0.3 is 34.7 Å². The van der Waals surface area contributed by atoms with Crippen LogP contribution in [-0.2, 0) is 29.1 Å². The molecule has 0 fully saturated rings. The van der Waals surface area contributed by atoms with Crippen molar-refractivity contribution in [1.29, 1.82) is 0 Å². The molecule has 12 nitrogen and oxygen atoms in total. The summed E-state index contributed by atoms with van der Waals surface area (Å²) in [6.07, 6.45) is 0.781. The van der Waals surface area contributed by atoms with Crippen LogP contribution in [0.2, 0.25) is 0 Å². The van der Waals surface area contributed by atoms with Gasteiger partial charge in [-0.15, -0.1) is 5.10 Å². The van der Waals surface area contributed by atoms with Crippen molar-refractivity contribution in [1.82, 2.24) is 30.4 Å². The van der Waals surface area contributed by atoms with Crippen LogP contribution in [0.3, 0.4) is 0 Å². The first-order valence-corrected chi connectivity index (χ1v) is 12.9. The number of aryl methyl sites for hydroxylation is 1. The summed E-state index contributed by atoms with van der Waals surface area (Å²) in [4.78, 5) is 25.7. The second-order valence-electron chi connectivity index (χ2n) is 10.9. The Bertz CT molecular complexity index is 1110. The summed E-state index contributed by atoms with van der Waals surface area (Å²) in [5, 5.41) is 36.1. The van der Waals surface area contributed by atoms with Crippen molar-refractivity contribution in [2.45, 2.75) is 78.1 Å². The monoisotopic (exact) mass is 554 g/mol. The summed E-state index contributed by atoms with van der Waals surface area (Å²) >= 11 is 0. The molecule has 2 unspecified atom stereocenters. The second kappa shape index (κ2) is 14.9. The minimum atomic E-state index is -1.31. The van der Waals surface area contributed by atoms with Crippen molar-refractivity contribution < 1.29 is 58.8 Å². The normalized spacial score (nSPS) is 14.7. The molecule has 1 aromatic heterocycles. The van der Waals surface area contributed by atoms with Crippen molar-refractivity contribution >= 4 is 11.9 Å². The molecule has 0 saturated carbocycles. The number of nitrogens with one attached hydrogen (secondary N) is 1. The Morgan fingerprint density at radius 1 is 1.18 bits per heavy atom. The number of amides is 1. The molecule has 1 amide bonds. The summed E-state index contributed by atoms with van der Waals surface area (Å²) < 4.78 is 12.5. The topological polar surface area (TPSA) is 155 Å². The number of aliphatic carboxylic acids is 1. The van der Waals surface area contributed by atoms with Crippen LogP contribution in [0.15, 0.2) is 12.1 Å². The van der Waals surface area contributed by atoms with E-state index in [4.69, 9.17) is 9.47 Å². The minimum absolute atomic E-state index is 0. The number of tetrazole rings is 1. The number of benzene rings is 1. The van der Waals surface area contributed by atoms with Crippen molar-refractivity contribution in [3.8, 4) is 11.5 Å². The van der Waals surface area contributed by atoms with Crippen molar-refractivity contribution in [2.24, 2.45) is 5.41 Å². The molecule has 2 aromatic rings. The van der Waals surface area contributed by atoms with Crippen LogP contribution >= 0.6 is 0 Å². The number of aromatic nitrogens is 4.